The average molecular weight is 184 g/mol. The van der Waals surface area contributed by atoms with E-state index >= 15 is 0 Å². The van der Waals surface area contributed by atoms with E-state index in [9.17, 15) is 4.79 Å². The zero-order valence-electron chi connectivity index (χ0n) is 8.88. The zero-order valence-corrected chi connectivity index (χ0v) is 8.88. The molecule has 0 amide bonds. The minimum atomic E-state index is -0.108. The van der Waals surface area contributed by atoms with Crippen molar-refractivity contribution >= 4 is 5.97 Å². The molecule has 0 aliphatic rings. The van der Waals surface area contributed by atoms with E-state index in [2.05, 4.69) is 19.1 Å². The number of unbranched alkanes of at least 4 members (excludes halogenated alkanes) is 1. The van der Waals surface area contributed by atoms with Crippen molar-refractivity contribution in [3.05, 3.63) is 12.2 Å². The number of hydrogen-bond donors (Lipinski definition) is 0. The highest BCUT2D eigenvalue weighted by Gasteiger charge is 2.06. The maximum Gasteiger partial charge on any atom is 0.308 e. The molecule has 2 nitrogen and oxygen atoms in total. The van der Waals surface area contributed by atoms with E-state index in [0.29, 0.717) is 6.61 Å². The summed E-state index contributed by atoms with van der Waals surface area (Å²) >= 11 is 0. The van der Waals surface area contributed by atoms with Gasteiger partial charge < -0.3 is 4.74 Å². The van der Waals surface area contributed by atoms with E-state index < -0.39 is 0 Å². The van der Waals surface area contributed by atoms with Gasteiger partial charge in [0.15, 0.2) is 0 Å². The van der Waals surface area contributed by atoms with Crippen LogP contribution in [-0.4, -0.2) is 12.6 Å². The van der Waals surface area contributed by atoms with Crippen LogP contribution in [0, 0.1) is 5.92 Å². The quantitative estimate of drug-likeness (QED) is 0.360. The van der Waals surface area contributed by atoms with Gasteiger partial charge in [-0.25, -0.2) is 0 Å². The van der Waals surface area contributed by atoms with Gasteiger partial charge in [-0.15, -0.1) is 0 Å². The predicted molar refractivity (Wildman–Crippen MR) is 54.5 cm³/mol. The number of carbonyl (C=O) groups is 1. The fourth-order valence-electron chi connectivity index (χ4n) is 0.797. The van der Waals surface area contributed by atoms with E-state index in [1.165, 1.54) is 6.42 Å². The molecule has 0 saturated heterocycles. The van der Waals surface area contributed by atoms with Gasteiger partial charge in [0.2, 0.25) is 0 Å². The van der Waals surface area contributed by atoms with E-state index in [1.54, 1.807) is 0 Å². The number of ether oxygens (including phenoxy) is 1. The second-order valence-corrected chi connectivity index (χ2v) is 3.37. The summed E-state index contributed by atoms with van der Waals surface area (Å²) in [6.07, 6.45) is 7.30. The minimum Gasteiger partial charge on any atom is -0.465 e. The van der Waals surface area contributed by atoms with Gasteiger partial charge >= 0.3 is 5.97 Å². The lowest BCUT2D eigenvalue weighted by Crippen LogP contribution is -2.11. The first-order chi connectivity index (χ1) is 6.18. The molecule has 76 valence electrons. The Bertz CT molecular complexity index is 159. The van der Waals surface area contributed by atoms with Crippen LogP contribution in [0.1, 0.15) is 40.0 Å². The van der Waals surface area contributed by atoms with Gasteiger partial charge in [0.1, 0.15) is 0 Å². The molecule has 0 unspecified atom stereocenters. The van der Waals surface area contributed by atoms with Crippen LogP contribution < -0.4 is 0 Å². The molecule has 0 spiro atoms. The molecule has 0 saturated carbocycles. The minimum absolute atomic E-state index is 0.0142. The van der Waals surface area contributed by atoms with E-state index in [0.717, 1.165) is 12.8 Å². The summed E-state index contributed by atoms with van der Waals surface area (Å²) in [7, 11) is 0. The SMILES string of the molecule is CCC/C=C/CCOC(=O)C(C)C. The Morgan fingerprint density at radius 2 is 1.92 bits per heavy atom. The van der Waals surface area contributed by atoms with Crippen molar-refractivity contribution in [2.24, 2.45) is 5.92 Å². The molecular formula is C11H20O2. The van der Waals surface area contributed by atoms with E-state index in [-0.39, 0.29) is 11.9 Å². The third-order valence-corrected chi connectivity index (χ3v) is 1.62. The summed E-state index contributed by atoms with van der Waals surface area (Å²) in [5.41, 5.74) is 0. The fourth-order valence-corrected chi connectivity index (χ4v) is 0.797. The molecule has 2 heteroatoms. The molecular weight excluding hydrogens is 164 g/mol. The number of carbonyl (C=O) groups excluding carboxylic acids is 1. The molecule has 0 aromatic rings. The molecule has 13 heavy (non-hydrogen) atoms. The van der Waals surface area contributed by atoms with Crippen LogP contribution in [0.3, 0.4) is 0 Å². The first-order valence-corrected chi connectivity index (χ1v) is 5.00. The third kappa shape index (κ3) is 7.57. The molecule has 0 bridgehead atoms. The maximum absolute atomic E-state index is 11.0. The summed E-state index contributed by atoms with van der Waals surface area (Å²) in [6.45, 7) is 6.34. The lowest BCUT2D eigenvalue weighted by molar-refractivity contribution is -0.147. The Morgan fingerprint density at radius 3 is 2.46 bits per heavy atom. The molecule has 0 atom stereocenters. The molecule has 0 fully saturated rings. The highest BCUT2D eigenvalue weighted by molar-refractivity contribution is 5.71. The third-order valence-electron chi connectivity index (χ3n) is 1.62. The predicted octanol–water partition coefficient (Wildman–Crippen LogP) is 2.93. The first kappa shape index (κ1) is 12.2. The normalized spacial score (nSPS) is 11.1. The van der Waals surface area contributed by atoms with Gasteiger partial charge in [-0.05, 0) is 12.8 Å². The standard InChI is InChI=1S/C11H20O2/c1-4-5-6-7-8-9-13-11(12)10(2)3/h6-7,10H,4-5,8-9H2,1-3H3/b7-6+. The van der Waals surface area contributed by atoms with Crippen molar-refractivity contribution in [2.45, 2.75) is 40.0 Å². The van der Waals surface area contributed by atoms with Crippen molar-refractivity contribution in [1.82, 2.24) is 0 Å². The molecule has 0 heterocycles. The van der Waals surface area contributed by atoms with Crippen molar-refractivity contribution in [3.63, 3.8) is 0 Å². The fraction of sp³-hybridized carbons (Fsp3) is 0.727. The second-order valence-electron chi connectivity index (χ2n) is 3.37. The molecule has 0 N–H and O–H groups in total. The van der Waals surface area contributed by atoms with Gasteiger partial charge in [-0.2, -0.15) is 0 Å². The summed E-state index contributed by atoms with van der Waals surface area (Å²) in [5.74, 6) is -0.122. The van der Waals surface area contributed by atoms with Crippen LogP contribution in [0.4, 0.5) is 0 Å². The Labute approximate surface area is 81.0 Å². The summed E-state index contributed by atoms with van der Waals surface area (Å²) < 4.78 is 4.99. The molecule has 0 radical (unpaired) electrons. The Hall–Kier alpha value is -0.790. The van der Waals surface area contributed by atoms with Crippen LogP contribution in [0.2, 0.25) is 0 Å². The number of rotatable bonds is 6. The van der Waals surface area contributed by atoms with Gasteiger partial charge in [0.05, 0.1) is 12.5 Å². The van der Waals surface area contributed by atoms with E-state index in [1.807, 2.05) is 13.8 Å². The van der Waals surface area contributed by atoms with Crippen molar-refractivity contribution < 1.29 is 9.53 Å². The second kappa shape index (κ2) is 7.84. The van der Waals surface area contributed by atoms with Crippen molar-refractivity contribution in [1.29, 1.82) is 0 Å². The average Bonchev–Trinajstić information content (AvgIpc) is 2.10. The van der Waals surface area contributed by atoms with Crippen molar-refractivity contribution in [2.75, 3.05) is 6.61 Å². The van der Waals surface area contributed by atoms with Gasteiger partial charge in [0, 0.05) is 0 Å². The molecule has 0 aliphatic carbocycles. The summed E-state index contributed by atoms with van der Waals surface area (Å²) in [5, 5.41) is 0. The van der Waals surface area contributed by atoms with Crippen LogP contribution in [0.5, 0.6) is 0 Å². The van der Waals surface area contributed by atoms with Crippen LogP contribution >= 0.6 is 0 Å². The van der Waals surface area contributed by atoms with Crippen LogP contribution in [0.25, 0.3) is 0 Å². The molecule has 0 aromatic heterocycles. The van der Waals surface area contributed by atoms with Crippen LogP contribution in [0.15, 0.2) is 12.2 Å². The van der Waals surface area contributed by atoms with E-state index in [4.69, 9.17) is 4.74 Å². The monoisotopic (exact) mass is 184 g/mol. The summed E-state index contributed by atoms with van der Waals surface area (Å²) in [4.78, 5) is 11.0. The Kier molecular flexibility index (Phi) is 7.36. The topological polar surface area (TPSA) is 26.3 Å². The number of hydrogen-bond acceptors (Lipinski definition) is 2. The van der Waals surface area contributed by atoms with Gasteiger partial charge in [0.25, 0.3) is 0 Å². The molecule has 0 aromatic carbocycles. The molecule has 0 aliphatic heterocycles. The number of allylic oxidation sites excluding steroid dienone is 1. The summed E-state index contributed by atoms with van der Waals surface area (Å²) in [6, 6.07) is 0. The smallest absolute Gasteiger partial charge is 0.308 e. The lowest BCUT2D eigenvalue weighted by atomic mass is 10.2. The van der Waals surface area contributed by atoms with Gasteiger partial charge in [-0.1, -0.05) is 39.3 Å². The Morgan fingerprint density at radius 1 is 1.31 bits per heavy atom. The highest BCUT2D eigenvalue weighted by atomic mass is 16.5. The number of esters is 1. The Balaban J connectivity index is 3.30. The van der Waals surface area contributed by atoms with Gasteiger partial charge in [-0.3, -0.25) is 4.79 Å². The molecule has 0 rings (SSSR count). The zero-order chi connectivity index (χ0) is 10.1. The van der Waals surface area contributed by atoms with Crippen LogP contribution in [-0.2, 0) is 9.53 Å². The highest BCUT2D eigenvalue weighted by Crippen LogP contribution is 1.97. The lowest BCUT2D eigenvalue weighted by Gasteiger charge is -2.04. The largest absolute Gasteiger partial charge is 0.465 e. The van der Waals surface area contributed by atoms with Crippen molar-refractivity contribution in [3.8, 4) is 0 Å². The first-order valence-electron chi connectivity index (χ1n) is 5.00. The maximum atomic E-state index is 11.0.